The molecule has 21 heavy (non-hydrogen) atoms. The molecule has 0 saturated heterocycles. The number of rotatable bonds is 3. The lowest BCUT2D eigenvalue weighted by atomic mass is 10.0. The smallest absolute Gasteiger partial charge is 0.213 e. The van der Waals surface area contributed by atoms with Gasteiger partial charge < -0.3 is 5.73 Å². The van der Waals surface area contributed by atoms with E-state index in [9.17, 15) is 4.79 Å². The number of carbonyl (C=O) groups excluding carboxylic acids is 1. The second-order valence-electron chi connectivity index (χ2n) is 4.77. The van der Waals surface area contributed by atoms with Gasteiger partial charge in [0.25, 0.3) is 0 Å². The van der Waals surface area contributed by atoms with Crippen molar-refractivity contribution in [2.75, 3.05) is 5.73 Å². The first kappa shape index (κ1) is 13.1. The Kier molecular flexibility index (Phi) is 3.23. The molecule has 0 amide bonds. The lowest BCUT2D eigenvalue weighted by Gasteiger charge is -2.07. The highest BCUT2D eigenvalue weighted by molar-refractivity contribution is 6.08. The zero-order valence-electron chi connectivity index (χ0n) is 11.5. The molecule has 0 bridgehead atoms. The molecule has 3 rings (SSSR count). The first-order valence-electron chi connectivity index (χ1n) is 6.54. The van der Waals surface area contributed by atoms with Crippen LogP contribution in [-0.4, -0.2) is 20.8 Å². The van der Waals surface area contributed by atoms with Crippen molar-refractivity contribution in [3.8, 4) is 5.69 Å². The summed E-state index contributed by atoms with van der Waals surface area (Å²) in [5.74, 6) is -0.132. The number of aromatic nitrogens is 3. The van der Waals surface area contributed by atoms with Gasteiger partial charge in [-0.25, -0.2) is 4.68 Å². The number of anilines is 1. The number of para-hydroxylation sites is 1. The second-order valence-corrected chi connectivity index (χ2v) is 4.77. The number of carbonyl (C=O) groups is 1. The fourth-order valence-electron chi connectivity index (χ4n) is 2.11. The third-order valence-corrected chi connectivity index (χ3v) is 3.31. The lowest BCUT2D eigenvalue weighted by molar-refractivity contribution is 0.103. The van der Waals surface area contributed by atoms with Crippen LogP contribution >= 0.6 is 0 Å². The lowest BCUT2D eigenvalue weighted by Crippen LogP contribution is -2.10. The Labute approximate surface area is 122 Å². The quantitative estimate of drug-likeness (QED) is 0.589. The van der Waals surface area contributed by atoms with E-state index in [1.165, 1.54) is 10.9 Å². The number of hydrogen-bond acceptors (Lipinski definition) is 4. The summed E-state index contributed by atoms with van der Waals surface area (Å²) in [6.45, 7) is 1.87. The number of nitrogens with two attached hydrogens (primary N) is 1. The highest BCUT2D eigenvalue weighted by atomic mass is 16.1. The molecule has 2 N–H and O–H groups in total. The summed E-state index contributed by atoms with van der Waals surface area (Å²) in [6.07, 6.45) is 1.47. The Morgan fingerprint density at radius 3 is 2.62 bits per heavy atom. The van der Waals surface area contributed by atoms with Gasteiger partial charge in [0.15, 0.2) is 0 Å². The maximum Gasteiger partial charge on any atom is 0.213 e. The van der Waals surface area contributed by atoms with Gasteiger partial charge in [-0.1, -0.05) is 23.4 Å². The zero-order valence-corrected chi connectivity index (χ0v) is 11.5. The number of nitrogens with zero attached hydrogens (tertiary/aromatic N) is 3. The summed E-state index contributed by atoms with van der Waals surface area (Å²) in [6, 6.07) is 14.7. The van der Waals surface area contributed by atoms with Crippen LogP contribution in [0.25, 0.3) is 5.69 Å². The molecule has 0 unspecified atom stereocenters. The van der Waals surface area contributed by atoms with Crippen LogP contribution in [0.2, 0.25) is 0 Å². The number of ketones is 1. The van der Waals surface area contributed by atoms with E-state index in [2.05, 4.69) is 10.3 Å². The fourth-order valence-corrected chi connectivity index (χ4v) is 2.11. The first-order chi connectivity index (χ1) is 10.2. The monoisotopic (exact) mass is 278 g/mol. The standard InChI is InChI=1S/C16H14N4O/c1-11-9-12(7-8-14(11)17)16(21)15-10-18-19-20(15)13-5-3-2-4-6-13/h2-10H,17H2,1H3. The largest absolute Gasteiger partial charge is 0.399 e. The van der Waals surface area contributed by atoms with Gasteiger partial charge in [-0.3, -0.25) is 4.79 Å². The number of nitrogen functional groups attached to an aromatic ring is 1. The van der Waals surface area contributed by atoms with E-state index in [0.717, 1.165) is 11.3 Å². The van der Waals surface area contributed by atoms with Crippen LogP contribution in [0.1, 0.15) is 21.6 Å². The Hall–Kier alpha value is -2.95. The molecule has 5 heteroatoms. The van der Waals surface area contributed by atoms with E-state index in [1.807, 2.05) is 37.3 Å². The maximum atomic E-state index is 12.6. The molecule has 0 aliphatic heterocycles. The normalized spacial score (nSPS) is 10.5. The minimum atomic E-state index is -0.132. The fraction of sp³-hybridized carbons (Fsp3) is 0.0625. The molecule has 104 valence electrons. The van der Waals surface area contributed by atoms with E-state index in [1.54, 1.807) is 18.2 Å². The number of aryl methyl sites for hydroxylation is 1. The second kappa shape index (κ2) is 5.20. The minimum Gasteiger partial charge on any atom is -0.399 e. The minimum absolute atomic E-state index is 0.132. The van der Waals surface area contributed by atoms with Crippen LogP contribution < -0.4 is 5.73 Å². The summed E-state index contributed by atoms with van der Waals surface area (Å²) in [5.41, 5.74) is 9.12. The van der Waals surface area contributed by atoms with Crippen molar-refractivity contribution in [1.29, 1.82) is 0 Å². The van der Waals surface area contributed by atoms with Crippen molar-refractivity contribution in [3.05, 3.63) is 71.5 Å². The molecule has 0 aliphatic carbocycles. The third-order valence-electron chi connectivity index (χ3n) is 3.31. The molecule has 3 aromatic rings. The molecule has 0 radical (unpaired) electrons. The van der Waals surface area contributed by atoms with Crippen molar-refractivity contribution in [2.45, 2.75) is 6.92 Å². The molecule has 0 atom stereocenters. The Morgan fingerprint density at radius 1 is 1.14 bits per heavy atom. The highest BCUT2D eigenvalue weighted by Crippen LogP contribution is 2.17. The van der Waals surface area contributed by atoms with Gasteiger partial charge in [0, 0.05) is 11.3 Å². The zero-order chi connectivity index (χ0) is 14.8. The van der Waals surface area contributed by atoms with E-state index >= 15 is 0 Å². The van der Waals surface area contributed by atoms with Gasteiger partial charge in [0.2, 0.25) is 5.78 Å². The molecular formula is C16H14N4O. The number of benzene rings is 2. The Morgan fingerprint density at radius 2 is 1.90 bits per heavy atom. The van der Waals surface area contributed by atoms with Gasteiger partial charge in [-0.2, -0.15) is 0 Å². The van der Waals surface area contributed by atoms with E-state index in [-0.39, 0.29) is 5.78 Å². The van der Waals surface area contributed by atoms with Crippen LogP contribution in [0.15, 0.2) is 54.7 Å². The van der Waals surface area contributed by atoms with Crippen LogP contribution in [0.3, 0.4) is 0 Å². The maximum absolute atomic E-state index is 12.6. The molecular weight excluding hydrogens is 264 g/mol. The average Bonchev–Trinajstić information content (AvgIpc) is 2.99. The highest BCUT2D eigenvalue weighted by Gasteiger charge is 2.16. The first-order valence-corrected chi connectivity index (χ1v) is 6.54. The summed E-state index contributed by atoms with van der Waals surface area (Å²) in [5, 5.41) is 7.85. The topological polar surface area (TPSA) is 73.8 Å². The SMILES string of the molecule is Cc1cc(C(=O)c2cnnn2-c2ccccc2)ccc1N. The van der Waals surface area contributed by atoms with Crippen LogP contribution in [0, 0.1) is 6.92 Å². The molecule has 0 saturated carbocycles. The van der Waals surface area contributed by atoms with Gasteiger partial charge >= 0.3 is 0 Å². The van der Waals surface area contributed by atoms with E-state index in [0.29, 0.717) is 16.9 Å². The molecule has 1 aromatic heterocycles. The predicted octanol–water partition coefficient (Wildman–Crippen LogP) is 2.39. The van der Waals surface area contributed by atoms with Crippen LogP contribution in [-0.2, 0) is 0 Å². The third kappa shape index (κ3) is 2.41. The van der Waals surface area contributed by atoms with Gasteiger partial charge in [-0.05, 0) is 42.8 Å². The summed E-state index contributed by atoms with van der Waals surface area (Å²) < 4.78 is 1.54. The van der Waals surface area contributed by atoms with Crippen molar-refractivity contribution in [2.24, 2.45) is 0 Å². The molecule has 1 heterocycles. The van der Waals surface area contributed by atoms with Crippen LogP contribution in [0.4, 0.5) is 5.69 Å². The van der Waals surface area contributed by atoms with E-state index < -0.39 is 0 Å². The summed E-state index contributed by atoms with van der Waals surface area (Å²) in [7, 11) is 0. The molecule has 0 aliphatic rings. The average molecular weight is 278 g/mol. The van der Waals surface area contributed by atoms with Crippen molar-refractivity contribution >= 4 is 11.5 Å². The van der Waals surface area contributed by atoms with Crippen molar-refractivity contribution in [3.63, 3.8) is 0 Å². The summed E-state index contributed by atoms with van der Waals surface area (Å²) >= 11 is 0. The molecule has 0 spiro atoms. The van der Waals surface area contributed by atoms with Gasteiger partial charge in [0.1, 0.15) is 5.69 Å². The van der Waals surface area contributed by atoms with Crippen molar-refractivity contribution in [1.82, 2.24) is 15.0 Å². The predicted molar refractivity (Wildman–Crippen MR) is 80.4 cm³/mol. The molecule has 0 fully saturated rings. The Balaban J connectivity index is 2.03. The molecule has 2 aromatic carbocycles. The summed E-state index contributed by atoms with van der Waals surface area (Å²) in [4.78, 5) is 12.6. The van der Waals surface area contributed by atoms with E-state index in [4.69, 9.17) is 5.73 Å². The number of hydrogen-bond donors (Lipinski definition) is 1. The van der Waals surface area contributed by atoms with Crippen LogP contribution in [0.5, 0.6) is 0 Å². The van der Waals surface area contributed by atoms with Crippen molar-refractivity contribution < 1.29 is 4.79 Å². The van der Waals surface area contributed by atoms with Gasteiger partial charge in [0.05, 0.1) is 11.9 Å². The van der Waals surface area contributed by atoms with Gasteiger partial charge in [-0.15, -0.1) is 5.10 Å². The molecule has 5 nitrogen and oxygen atoms in total. The Bertz CT molecular complexity index is 793.